The molecule has 21 heavy (non-hydrogen) atoms. The van der Waals surface area contributed by atoms with Crippen molar-refractivity contribution in [2.24, 2.45) is 0 Å². The van der Waals surface area contributed by atoms with Crippen LogP contribution >= 0.6 is 0 Å². The highest BCUT2D eigenvalue weighted by Gasteiger charge is 2.28. The van der Waals surface area contributed by atoms with Crippen LogP contribution in [0.25, 0.3) is 0 Å². The van der Waals surface area contributed by atoms with Gasteiger partial charge in [0.1, 0.15) is 11.8 Å². The summed E-state index contributed by atoms with van der Waals surface area (Å²) < 4.78 is 41.1. The Labute approximate surface area is 133 Å². The van der Waals surface area contributed by atoms with E-state index < -0.39 is 31.1 Å². The third-order valence-electron chi connectivity index (χ3n) is 3.39. The molecule has 1 fully saturated rings. The largest absolute Gasteiger partial charge is 0.464 e. The smallest absolute Gasteiger partial charge is 0.328 e. The molecule has 1 rings (SSSR count). The number of esters is 1. The molecule has 1 amide bonds. The normalized spacial score (nSPS) is 22.4. The lowest BCUT2D eigenvalue weighted by Gasteiger charge is -2.08. The molecule has 0 spiro atoms. The summed E-state index contributed by atoms with van der Waals surface area (Å²) in [5.74, 6) is -1.12. The van der Waals surface area contributed by atoms with E-state index in [2.05, 4.69) is 5.32 Å². The predicted octanol–water partition coefficient (Wildman–Crippen LogP) is 2.52. The fourth-order valence-electron chi connectivity index (χ4n) is 2.21. The molecule has 0 aromatic carbocycles. The van der Waals surface area contributed by atoms with Gasteiger partial charge >= 0.3 is 5.97 Å². The standard InChI is InChI=1S/C16H27NO4/c1-2-3-4-5-6-7-8-9-13(18)12-15(19)17-14-10-11-21-16(14)20/h14H,2-12H2,1H3,(H,17,19)/t14-/m0/s1/i1D3,2D2. The minimum atomic E-state index is -2.60. The lowest BCUT2D eigenvalue weighted by Crippen LogP contribution is -2.38. The molecule has 1 N–H and O–H groups in total. The fourth-order valence-corrected chi connectivity index (χ4v) is 2.21. The van der Waals surface area contributed by atoms with Gasteiger partial charge < -0.3 is 10.1 Å². The summed E-state index contributed by atoms with van der Waals surface area (Å²) >= 11 is 0. The molecule has 0 saturated carbocycles. The maximum Gasteiger partial charge on any atom is 0.328 e. The number of ketones is 1. The van der Waals surface area contributed by atoms with E-state index in [-0.39, 0.29) is 31.7 Å². The SMILES string of the molecule is [2H]C([2H])([2H])C([2H])([2H])CCCCCCCC(=O)CC(=O)N[C@H]1CCOC1=O. The summed E-state index contributed by atoms with van der Waals surface area (Å²) in [6.45, 7) is -2.32. The number of nitrogens with one attached hydrogen (secondary N) is 1. The summed E-state index contributed by atoms with van der Waals surface area (Å²) in [4.78, 5) is 34.7. The van der Waals surface area contributed by atoms with Crippen molar-refractivity contribution in [3.63, 3.8) is 0 Å². The first-order chi connectivity index (χ1) is 12.0. The number of carbonyl (C=O) groups is 3. The third-order valence-corrected chi connectivity index (χ3v) is 3.39. The molecule has 1 aliphatic rings. The van der Waals surface area contributed by atoms with Gasteiger partial charge in [-0.1, -0.05) is 45.3 Å². The van der Waals surface area contributed by atoms with Gasteiger partial charge in [0.15, 0.2) is 0 Å². The lowest BCUT2D eigenvalue weighted by atomic mass is 10.1. The fraction of sp³-hybridized carbons (Fsp3) is 0.812. The van der Waals surface area contributed by atoms with Gasteiger partial charge in [-0.15, -0.1) is 0 Å². The van der Waals surface area contributed by atoms with Crippen LogP contribution in [0.4, 0.5) is 0 Å². The van der Waals surface area contributed by atoms with E-state index in [0.29, 0.717) is 25.7 Å². The molecule has 5 heteroatoms. The van der Waals surface area contributed by atoms with Crippen LogP contribution in [-0.4, -0.2) is 30.3 Å². The Hall–Kier alpha value is -1.39. The van der Waals surface area contributed by atoms with E-state index in [1.54, 1.807) is 0 Å². The summed E-state index contributed by atoms with van der Waals surface area (Å²) in [5, 5.41) is 2.49. The minimum absolute atomic E-state index is 0.00774. The quantitative estimate of drug-likeness (QED) is 0.361. The van der Waals surface area contributed by atoms with Crippen molar-refractivity contribution in [2.75, 3.05) is 6.61 Å². The Morgan fingerprint density at radius 1 is 1.29 bits per heavy atom. The Bertz CT molecular complexity index is 507. The number of ether oxygens (including phenoxy) is 1. The molecule has 0 bridgehead atoms. The monoisotopic (exact) mass is 302 g/mol. The van der Waals surface area contributed by atoms with Crippen LogP contribution in [0.2, 0.25) is 0 Å². The minimum Gasteiger partial charge on any atom is -0.464 e. The predicted molar refractivity (Wildman–Crippen MR) is 79.7 cm³/mol. The first-order valence-corrected chi connectivity index (χ1v) is 7.50. The van der Waals surface area contributed by atoms with Gasteiger partial charge in [0.05, 0.1) is 13.0 Å². The summed E-state index contributed by atoms with van der Waals surface area (Å²) in [7, 11) is 0. The number of unbranched alkanes of at least 4 members (excludes halogenated alkanes) is 4. The van der Waals surface area contributed by atoms with Gasteiger partial charge in [0, 0.05) is 19.7 Å². The van der Waals surface area contributed by atoms with E-state index in [1.807, 2.05) is 0 Å². The van der Waals surface area contributed by atoms with E-state index >= 15 is 0 Å². The molecule has 0 unspecified atom stereocenters. The first kappa shape index (κ1) is 11.2. The molecule has 120 valence electrons. The Balaban J connectivity index is 2.06. The highest BCUT2D eigenvalue weighted by atomic mass is 16.5. The van der Waals surface area contributed by atoms with Crippen LogP contribution in [-0.2, 0) is 19.1 Å². The molecule has 1 aliphatic heterocycles. The average molecular weight is 302 g/mol. The number of amides is 1. The van der Waals surface area contributed by atoms with Gasteiger partial charge in [-0.2, -0.15) is 0 Å². The first-order valence-electron chi connectivity index (χ1n) is 10.0. The molecule has 0 aromatic rings. The molecule has 1 heterocycles. The number of Topliss-reactive ketones (excluding diaryl/α,β-unsaturated/α-hetero) is 1. The topological polar surface area (TPSA) is 72.5 Å². The summed E-state index contributed by atoms with van der Waals surface area (Å²) in [6, 6.07) is -0.647. The Morgan fingerprint density at radius 2 is 2.00 bits per heavy atom. The number of hydrogen-bond donors (Lipinski definition) is 1. The van der Waals surface area contributed by atoms with Crippen molar-refractivity contribution in [1.29, 1.82) is 0 Å². The average Bonchev–Trinajstić information content (AvgIpc) is 2.90. The van der Waals surface area contributed by atoms with Crippen molar-refractivity contribution in [2.45, 2.75) is 77.1 Å². The van der Waals surface area contributed by atoms with Crippen LogP contribution in [0.1, 0.15) is 77.9 Å². The molecule has 0 radical (unpaired) electrons. The van der Waals surface area contributed by atoms with Gasteiger partial charge in [0.2, 0.25) is 5.91 Å². The molecule has 1 saturated heterocycles. The van der Waals surface area contributed by atoms with Crippen LogP contribution in [0.3, 0.4) is 0 Å². The lowest BCUT2D eigenvalue weighted by molar-refractivity contribution is -0.142. The zero-order valence-corrected chi connectivity index (χ0v) is 12.3. The second kappa shape index (κ2) is 10.4. The Morgan fingerprint density at radius 3 is 2.67 bits per heavy atom. The van der Waals surface area contributed by atoms with Crippen LogP contribution in [0, 0.1) is 0 Å². The maximum absolute atomic E-state index is 11.8. The van der Waals surface area contributed by atoms with E-state index in [9.17, 15) is 14.4 Å². The molecule has 5 nitrogen and oxygen atoms in total. The Kier molecular flexibility index (Phi) is 5.53. The number of rotatable bonds is 11. The van der Waals surface area contributed by atoms with Crippen LogP contribution < -0.4 is 5.32 Å². The van der Waals surface area contributed by atoms with Gasteiger partial charge in [-0.05, 0) is 6.42 Å². The zero-order chi connectivity index (χ0) is 19.8. The summed E-state index contributed by atoms with van der Waals surface area (Å²) in [6.07, 6.45) is 1.65. The maximum atomic E-state index is 11.8. The van der Waals surface area contributed by atoms with Gasteiger partial charge in [0.25, 0.3) is 0 Å². The van der Waals surface area contributed by atoms with E-state index in [4.69, 9.17) is 11.6 Å². The molecular weight excluding hydrogens is 270 g/mol. The molecule has 0 aliphatic carbocycles. The summed E-state index contributed by atoms with van der Waals surface area (Å²) in [5.41, 5.74) is 0. The van der Waals surface area contributed by atoms with Crippen LogP contribution in [0.5, 0.6) is 0 Å². The molecule has 1 atom stereocenters. The zero-order valence-electron chi connectivity index (χ0n) is 17.3. The van der Waals surface area contributed by atoms with Crippen molar-refractivity contribution in [1.82, 2.24) is 5.32 Å². The van der Waals surface area contributed by atoms with E-state index in [1.165, 1.54) is 0 Å². The van der Waals surface area contributed by atoms with Crippen LogP contribution in [0.15, 0.2) is 0 Å². The highest BCUT2D eigenvalue weighted by Crippen LogP contribution is 2.10. The van der Waals surface area contributed by atoms with Crippen molar-refractivity contribution < 1.29 is 26.0 Å². The second-order valence-corrected chi connectivity index (χ2v) is 5.24. The number of carbonyl (C=O) groups excluding carboxylic acids is 3. The van der Waals surface area contributed by atoms with E-state index in [0.717, 1.165) is 12.8 Å². The number of cyclic esters (lactones) is 1. The van der Waals surface area contributed by atoms with Crippen molar-refractivity contribution >= 4 is 17.7 Å². The highest BCUT2D eigenvalue weighted by molar-refractivity contribution is 5.99. The third kappa shape index (κ3) is 7.83. The molecule has 0 aromatic heterocycles. The second-order valence-electron chi connectivity index (χ2n) is 5.24. The van der Waals surface area contributed by atoms with Gasteiger partial charge in [-0.25, -0.2) is 4.79 Å². The number of hydrogen-bond acceptors (Lipinski definition) is 4. The molecular formula is C16H27NO4. The van der Waals surface area contributed by atoms with Crippen molar-refractivity contribution in [3.8, 4) is 0 Å². The van der Waals surface area contributed by atoms with Crippen molar-refractivity contribution in [3.05, 3.63) is 0 Å². The van der Waals surface area contributed by atoms with Gasteiger partial charge in [-0.3, -0.25) is 9.59 Å².